The molecule has 0 N–H and O–H groups in total. The number of hydrogen-bond donors (Lipinski definition) is 0. The van der Waals surface area contributed by atoms with Crippen molar-refractivity contribution in [1.29, 1.82) is 0 Å². The van der Waals surface area contributed by atoms with Crippen LogP contribution in [-0.2, 0) is 9.59 Å². The fourth-order valence-electron chi connectivity index (χ4n) is 4.87. The van der Waals surface area contributed by atoms with Crippen LogP contribution in [0.4, 0.5) is 0 Å². The van der Waals surface area contributed by atoms with Crippen molar-refractivity contribution in [3.8, 4) is 0 Å². The molecule has 1 aliphatic heterocycles. The third-order valence-corrected chi connectivity index (χ3v) is 5.81. The van der Waals surface area contributed by atoms with Gasteiger partial charge < -0.3 is 4.90 Å². The lowest BCUT2D eigenvalue weighted by atomic mass is 9.94. The van der Waals surface area contributed by atoms with Gasteiger partial charge in [-0.05, 0) is 42.7 Å². The van der Waals surface area contributed by atoms with Gasteiger partial charge in [-0.15, -0.1) is 0 Å². The molecule has 110 valence electrons. The van der Waals surface area contributed by atoms with Crippen molar-refractivity contribution in [2.24, 2.45) is 11.8 Å². The number of carbonyl (C=O) groups is 2. The molecule has 1 heterocycles. The third kappa shape index (κ3) is 1.57. The first-order valence-corrected chi connectivity index (χ1v) is 8.10. The van der Waals surface area contributed by atoms with Gasteiger partial charge in [0.15, 0.2) is 5.78 Å². The van der Waals surface area contributed by atoms with Crippen LogP contribution in [0.2, 0.25) is 0 Å². The molecule has 22 heavy (non-hydrogen) atoms. The van der Waals surface area contributed by atoms with E-state index in [-0.39, 0.29) is 11.6 Å². The molecule has 1 aromatic carbocycles. The molecular weight excluding hydrogens is 274 g/mol. The highest BCUT2D eigenvalue weighted by Crippen LogP contribution is 2.60. The SMILES string of the molecule is O=C1C=C(N2[C@H]3[C@@H]4CC[C@H](C4)[C@@H]32)C(=O)C=C1c1ccccc1. The summed E-state index contributed by atoms with van der Waals surface area (Å²) in [6.07, 6.45) is 7.02. The van der Waals surface area contributed by atoms with E-state index in [4.69, 9.17) is 0 Å². The number of rotatable bonds is 2. The molecule has 3 heteroatoms. The molecule has 0 aromatic heterocycles. The van der Waals surface area contributed by atoms with Gasteiger partial charge in [-0.1, -0.05) is 30.3 Å². The first-order chi connectivity index (χ1) is 10.7. The van der Waals surface area contributed by atoms with E-state index < -0.39 is 0 Å². The summed E-state index contributed by atoms with van der Waals surface area (Å²) in [5, 5.41) is 0. The van der Waals surface area contributed by atoms with E-state index in [2.05, 4.69) is 4.90 Å². The minimum atomic E-state index is -0.0434. The Balaban J connectivity index is 1.44. The Morgan fingerprint density at radius 2 is 1.55 bits per heavy atom. The van der Waals surface area contributed by atoms with E-state index >= 15 is 0 Å². The van der Waals surface area contributed by atoms with Gasteiger partial charge in [0.25, 0.3) is 0 Å². The summed E-state index contributed by atoms with van der Waals surface area (Å²) in [6.45, 7) is 0. The summed E-state index contributed by atoms with van der Waals surface area (Å²) in [4.78, 5) is 27.2. The molecule has 0 radical (unpaired) electrons. The second-order valence-corrected chi connectivity index (χ2v) is 6.90. The zero-order chi connectivity index (χ0) is 14.8. The summed E-state index contributed by atoms with van der Waals surface area (Å²) < 4.78 is 0. The van der Waals surface area contributed by atoms with Gasteiger partial charge in [0.1, 0.15) is 0 Å². The number of hydrogen-bond acceptors (Lipinski definition) is 3. The molecule has 1 aromatic rings. The van der Waals surface area contributed by atoms with Crippen molar-refractivity contribution < 1.29 is 9.59 Å². The number of piperidine rings is 1. The van der Waals surface area contributed by atoms with Crippen LogP contribution in [0.25, 0.3) is 5.57 Å². The number of ketones is 2. The van der Waals surface area contributed by atoms with E-state index in [1.54, 1.807) is 6.08 Å². The van der Waals surface area contributed by atoms with Crippen LogP contribution in [0.1, 0.15) is 24.8 Å². The maximum Gasteiger partial charge on any atom is 0.202 e. The van der Waals surface area contributed by atoms with Crippen LogP contribution in [0.5, 0.6) is 0 Å². The van der Waals surface area contributed by atoms with Crippen molar-refractivity contribution in [3.63, 3.8) is 0 Å². The van der Waals surface area contributed by atoms with Crippen LogP contribution < -0.4 is 0 Å². The maximum atomic E-state index is 12.5. The van der Waals surface area contributed by atoms with E-state index in [1.807, 2.05) is 30.3 Å². The average molecular weight is 291 g/mol. The van der Waals surface area contributed by atoms with Gasteiger partial charge in [-0.2, -0.15) is 0 Å². The predicted molar refractivity (Wildman–Crippen MR) is 82.8 cm³/mol. The molecule has 0 amide bonds. The van der Waals surface area contributed by atoms with Gasteiger partial charge in [-0.3, -0.25) is 9.59 Å². The fraction of sp³-hybridized carbons (Fsp3) is 0.368. The smallest absolute Gasteiger partial charge is 0.202 e. The number of fused-ring (bicyclic) bond motifs is 5. The number of allylic oxidation sites excluding steroid dienone is 3. The Bertz CT molecular complexity index is 730. The minimum Gasteiger partial charge on any atom is -0.358 e. The van der Waals surface area contributed by atoms with Gasteiger partial charge in [0.05, 0.1) is 17.8 Å². The van der Waals surface area contributed by atoms with E-state index in [0.29, 0.717) is 23.4 Å². The number of likely N-dealkylation sites (tertiary alicyclic amines) is 1. The van der Waals surface area contributed by atoms with Gasteiger partial charge in [-0.25, -0.2) is 0 Å². The van der Waals surface area contributed by atoms with Crippen molar-refractivity contribution in [3.05, 3.63) is 53.7 Å². The second kappa shape index (κ2) is 4.19. The Morgan fingerprint density at radius 1 is 0.864 bits per heavy atom. The molecule has 2 saturated carbocycles. The lowest BCUT2D eigenvalue weighted by molar-refractivity contribution is -0.114. The lowest BCUT2D eigenvalue weighted by Gasteiger charge is -2.18. The molecule has 2 bridgehead atoms. The topological polar surface area (TPSA) is 37.1 Å². The second-order valence-electron chi connectivity index (χ2n) is 6.90. The van der Waals surface area contributed by atoms with Crippen LogP contribution in [0.15, 0.2) is 48.2 Å². The molecule has 3 nitrogen and oxygen atoms in total. The van der Waals surface area contributed by atoms with Crippen LogP contribution in [0.3, 0.4) is 0 Å². The highest BCUT2D eigenvalue weighted by atomic mass is 16.1. The van der Waals surface area contributed by atoms with Crippen LogP contribution in [0, 0.1) is 11.8 Å². The van der Waals surface area contributed by atoms with Gasteiger partial charge in [0, 0.05) is 11.6 Å². The molecule has 4 atom stereocenters. The van der Waals surface area contributed by atoms with Crippen molar-refractivity contribution in [1.82, 2.24) is 4.90 Å². The lowest BCUT2D eigenvalue weighted by Crippen LogP contribution is -2.22. The quantitative estimate of drug-likeness (QED) is 0.621. The van der Waals surface area contributed by atoms with E-state index in [0.717, 1.165) is 17.4 Å². The summed E-state index contributed by atoms with van der Waals surface area (Å²) in [5.41, 5.74) is 1.97. The summed E-state index contributed by atoms with van der Waals surface area (Å²) >= 11 is 0. The summed E-state index contributed by atoms with van der Waals surface area (Å²) in [5.74, 6) is 1.45. The van der Waals surface area contributed by atoms with E-state index in [9.17, 15) is 9.59 Å². The fourth-order valence-corrected chi connectivity index (χ4v) is 4.87. The zero-order valence-corrected chi connectivity index (χ0v) is 12.2. The molecule has 0 unspecified atom stereocenters. The first kappa shape index (κ1) is 12.4. The minimum absolute atomic E-state index is 0.00717. The van der Waals surface area contributed by atoms with Crippen molar-refractivity contribution in [2.75, 3.05) is 0 Å². The number of benzene rings is 1. The van der Waals surface area contributed by atoms with Crippen LogP contribution >= 0.6 is 0 Å². The zero-order valence-electron chi connectivity index (χ0n) is 12.2. The molecule has 5 rings (SSSR count). The molecule has 3 aliphatic carbocycles. The summed E-state index contributed by atoms with van der Waals surface area (Å²) in [6, 6.07) is 10.5. The van der Waals surface area contributed by atoms with Gasteiger partial charge in [0.2, 0.25) is 5.78 Å². The maximum absolute atomic E-state index is 12.5. The monoisotopic (exact) mass is 291 g/mol. The Hall–Kier alpha value is -2.16. The number of carbonyl (C=O) groups excluding carboxylic acids is 2. The molecule has 4 aliphatic rings. The highest BCUT2D eigenvalue weighted by Gasteiger charge is 2.65. The first-order valence-electron chi connectivity index (χ1n) is 8.10. The van der Waals surface area contributed by atoms with Crippen LogP contribution in [-0.4, -0.2) is 28.6 Å². The highest BCUT2D eigenvalue weighted by molar-refractivity contribution is 6.35. The molecule has 0 spiro atoms. The standard InChI is InChI=1S/C19H17NO2/c21-16-10-15(20-18-12-6-7-13(8-12)19(18)20)17(22)9-14(16)11-4-2-1-3-5-11/h1-5,9-10,12-13,18-19H,6-8H2/t12-,13-,18+,19+/m1/s1. The third-order valence-electron chi connectivity index (χ3n) is 5.81. The Morgan fingerprint density at radius 3 is 2.23 bits per heavy atom. The molecular formula is C19H17NO2. The average Bonchev–Trinajstić information content (AvgIpc) is 2.95. The van der Waals surface area contributed by atoms with Crippen molar-refractivity contribution >= 4 is 17.1 Å². The van der Waals surface area contributed by atoms with Crippen molar-refractivity contribution in [2.45, 2.75) is 31.3 Å². The largest absolute Gasteiger partial charge is 0.358 e. The Labute approximate surface area is 129 Å². The normalized spacial score (nSPS) is 35.4. The van der Waals surface area contributed by atoms with Gasteiger partial charge >= 0.3 is 0 Å². The molecule has 3 fully saturated rings. The molecule has 1 saturated heterocycles. The van der Waals surface area contributed by atoms with E-state index in [1.165, 1.54) is 25.3 Å². The summed E-state index contributed by atoms with van der Waals surface area (Å²) in [7, 11) is 0. The predicted octanol–water partition coefficient (Wildman–Crippen LogP) is 2.59. The number of nitrogens with zero attached hydrogens (tertiary/aromatic N) is 1. The Kier molecular flexibility index (Phi) is 2.36.